The zero-order chi connectivity index (χ0) is 9.38. The topological polar surface area (TPSA) is 15.3 Å². The van der Waals surface area contributed by atoms with Gasteiger partial charge in [0.1, 0.15) is 0 Å². The normalized spacial score (nSPS) is 43.3. The molecule has 0 aromatic rings. The van der Waals surface area contributed by atoms with Crippen molar-refractivity contribution in [3.05, 3.63) is 0 Å². The van der Waals surface area contributed by atoms with Crippen molar-refractivity contribution >= 4 is 0 Å². The van der Waals surface area contributed by atoms with Gasteiger partial charge in [-0.2, -0.15) is 0 Å². The van der Waals surface area contributed by atoms with E-state index in [0.29, 0.717) is 0 Å². The molecule has 3 unspecified atom stereocenters. The highest BCUT2D eigenvalue weighted by molar-refractivity contribution is 4.92. The van der Waals surface area contributed by atoms with Gasteiger partial charge in [0.2, 0.25) is 0 Å². The maximum atomic E-state index is 3.92. The average molecular weight is 194 g/mol. The average Bonchev–Trinajstić information content (AvgIpc) is 2.80. The fourth-order valence-electron chi connectivity index (χ4n) is 3.57. The van der Waals surface area contributed by atoms with Crippen molar-refractivity contribution in [2.45, 2.75) is 50.6 Å². The Morgan fingerprint density at radius 2 is 1.71 bits per heavy atom. The summed E-state index contributed by atoms with van der Waals surface area (Å²) >= 11 is 0. The van der Waals surface area contributed by atoms with Crippen LogP contribution in [-0.2, 0) is 0 Å². The second-order valence-corrected chi connectivity index (χ2v) is 5.39. The summed E-state index contributed by atoms with van der Waals surface area (Å²) in [6.45, 7) is 4.10. The second kappa shape index (κ2) is 3.82. The standard InChI is InChI=1S/C12H22N2/c1-2-4-11(3-1)13-12-6-8-14-7-5-10(12)9-14/h10-13H,1-9H2. The molecule has 3 aliphatic rings. The first-order valence-corrected chi connectivity index (χ1v) is 6.40. The van der Waals surface area contributed by atoms with Gasteiger partial charge in [-0.15, -0.1) is 0 Å². The Balaban J connectivity index is 1.56. The molecule has 2 heteroatoms. The van der Waals surface area contributed by atoms with Crippen molar-refractivity contribution in [1.82, 2.24) is 10.2 Å². The van der Waals surface area contributed by atoms with E-state index in [4.69, 9.17) is 0 Å². The Kier molecular flexibility index (Phi) is 2.50. The van der Waals surface area contributed by atoms with E-state index in [1.807, 2.05) is 0 Å². The highest BCUT2D eigenvalue weighted by atomic mass is 15.2. The van der Waals surface area contributed by atoms with Crippen LogP contribution in [0.2, 0.25) is 0 Å². The van der Waals surface area contributed by atoms with Crippen LogP contribution in [0.1, 0.15) is 38.5 Å². The number of hydrogen-bond acceptors (Lipinski definition) is 2. The van der Waals surface area contributed by atoms with Crippen molar-refractivity contribution in [2.75, 3.05) is 19.6 Å². The van der Waals surface area contributed by atoms with E-state index in [1.165, 1.54) is 58.2 Å². The molecule has 1 aliphatic carbocycles. The molecule has 0 spiro atoms. The number of piperidine rings is 1. The summed E-state index contributed by atoms with van der Waals surface area (Å²) in [7, 11) is 0. The molecular weight excluding hydrogens is 172 g/mol. The van der Waals surface area contributed by atoms with Crippen molar-refractivity contribution in [3.8, 4) is 0 Å². The van der Waals surface area contributed by atoms with E-state index < -0.39 is 0 Å². The molecule has 0 aromatic heterocycles. The van der Waals surface area contributed by atoms with Crippen molar-refractivity contribution in [3.63, 3.8) is 0 Å². The summed E-state index contributed by atoms with van der Waals surface area (Å²) in [6, 6.07) is 1.73. The fraction of sp³-hybridized carbons (Fsp3) is 1.00. The summed E-state index contributed by atoms with van der Waals surface area (Å²) < 4.78 is 0. The van der Waals surface area contributed by atoms with Gasteiger partial charge in [-0.3, -0.25) is 0 Å². The van der Waals surface area contributed by atoms with Gasteiger partial charge in [0.15, 0.2) is 0 Å². The summed E-state index contributed by atoms with van der Waals surface area (Å²) in [4.78, 5) is 2.64. The Bertz CT molecular complexity index is 198. The minimum Gasteiger partial charge on any atom is -0.311 e. The van der Waals surface area contributed by atoms with Crippen LogP contribution >= 0.6 is 0 Å². The van der Waals surface area contributed by atoms with Crippen LogP contribution in [0.5, 0.6) is 0 Å². The third-order valence-electron chi connectivity index (χ3n) is 4.44. The first kappa shape index (κ1) is 9.17. The maximum Gasteiger partial charge on any atom is 0.0123 e. The Hall–Kier alpha value is -0.0800. The van der Waals surface area contributed by atoms with E-state index in [-0.39, 0.29) is 0 Å². The van der Waals surface area contributed by atoms with Gasteiger partial charge in [-0.25, -0.2) is 0 Å². The molecule has 80 valence electrons. The van der Waals surface area contributed by atoms with Gasteiger partial charge in [-0.1, -0.05) is 12.8 Å². The fourth-order valence-corrected chi connectivity index (χ4v) is 3.57. The number of nitrogens with one attached hydrogen (secondary N) is 1. The summed E-state index contributed by atoms with van der Waals surface area (Å²) in [5.74, 6) is 0.976. The molecule has 2 nitrogen and oxygen atoms in total. The number of fused-ring (bicyclic) bond motifs is 2. The molecule has 1 saturated carbocycles. The van der Waals surface area contributed by atoms with Gasteiger partial charge in [0, 0.05) is 18.6 Å². The smallest absolute Gasteiger partial charge is 0.0123 e. The Morgan fingerprint density at radius 3 is 2.57 bits per heavy atom. The molecule has 1 N–H and O–H groups in total. The predicted molar refractivity (Wildman–Crippen MR) is 58.3 cm³/mol. The van der Waals surface area contributed by atoms with Crippen molar-refractivity contribution < 1.29 is 0 Å². The maximum absolute atomic E-state index is 3.92. The molecule has 14 heavy (non-hydrogen) atoms. The lowest BCUT2D eigenvalue weighted by atomic mass is 9.93. The van der Waals surface area contributed by atoms with Crippen LogP contribution in [-0.4, -0.2) is 36.6 Å². The van der Waals surface area contributed by atoms with Crippen LogP contribution in [0.15, 0.2) is 0 Å². The molecule has 2 bridgehead atoms. The highest BCUT2D eigenvalue weighted by Crippen LogP contribution is 2.29. The third kappa shape index (κ3) is 1.70. The van der Waals surface area contributed by atoms with Crippen LogP contribution in [0, 0.1) is 5.92 Å². The lowest BCUT2D eigenvalue weighted by Gasteiger charge is -2.33. The van der Waals surface area contributed by atoms with Crippen LogP contribution in [0.4, 0.5) is 0 Å². The van der Waals surface area contributed by atoms with Crippen LogP contribution in [0.25, 0.3) is 0 Å². The molecule has 2 aliphatic heterocycles. The summed E-state index contributed by atoms with van der Waals surface area (Å²) in [6.07, 6.45) is 8.65. The van der Waals surface area contributed by atoms with E-state index in [2.05, 4.69) is 10.2 Å². The molecule has 0 aromatic carbocycles. The minimum atomic E-state index is 0.858. The van der Waals surface area contributed by atoms with Crippen LogP contribution in [0.3, 0.4) is 0 Å². The quantitative estimate of drug-likeness (QED) is 0.718. The van der Waals surface area contributed by atoms with Gasteiger partial charge in [-0.05, 0) is 44.7 Å². The number of hydrogen-bond donors (Lipinski definition) is 1. The van der Waals surface area contributed by atoms with E-state index in [1.54, 1.807) is 0 Å². The monoisotopic (exact) mass is 194 g/mol. The molecule has 0 amide bonds. The molecule has 3 rings (SSSR count). The van der Waals surface area contributed by atoms with E-state index in [0.717, 1.165) is 18.0 Å². The van der Waals surface area contributed by atoms with Crippen molar-refractivity contribution in [1.29, 1.82) is 0 Å². The molecule has 2 saturated heterocycles. The Labute approximate surface area is 87.0 Å². The molecule has 3 fully saturated rings. The second-order valence-electron chi connectivity index (χ2n) is 5.39. The number of rotatable bonds is 2. The zero-order valence-electron chi connectivity index (χ0n) is 9.04. The molecular formula is C12H22N2. The first-order chi connectivity index (χ1) is 6.92. The first-order valence-electron chi connectivity index (χ1n) is 6.40. The van der Waals surface area contributed by atoms with E-state index in [9.17, 15) is 0 Å². The van der Waals surface area contributed by atoms with Gasteiger partial charge in [0.05, 0.1) is 0 Å². The largest absolute Gasteiger partial charge is 0.311 e. The highest BCUT2D eigenvalue weighted by Gasteiger charge is 2.35. The molecule has 0 radical (unpaired) electrons. The zero-order valence-corrected chi connectivity index (χ0v) is 9.04. The molecule has 3 atom stereocenters. The van der Waals surface area contributed by atoms with E-state index >= 15 is 0 Å². The number of nitrogens with zero attached hydrogens (tertiary/aromatic N) is 1. The summed E-state index contributed by atoms with van der Waals surface area (Å²) in [5, 5.41) is 3.92. The van der Waals surface area contributed by atoms with Crippen LogP contribution < -0.4 is 5.32 Å². The predicted octanol–water partition coefficient (Wildman–Crippen LogP) is 1.61. The lowest BCUT2D eigenvalue weighted by molar-refractivity contribution is 0.210. The third-order valence-corrected chi connectivity index (χ3v) is 4.44. The SMILES string of the molecule is C1CCC(NC2CCN3CCC2C3)C1. The Morgan fingerprint density at radius 1 is 0.929 bits per heavy atom. The lowest BCUT2D eigenvalue weighted by Crippen LogP contribution is -2.47. The minimum absolute atomic E-state index is 0.858. The van der Waals surface area contributed by atoms with Gasteiger partial charge < -0.3 is 10.2 Å². The van der Waals surface area contributed by atoms with Gasteiger partial charge in [0.25, 0.3) is 0 Å². The van der Waals surface area contributed by atoms with Gasteiger partial charge >= 0.3 is 0 Å². The molecule has 2 heterocycles. The van der Waals surface area contributed by atoms with Crippen molar-refractivity contribution in [2.24, 2.45) is 5.92 Å². The summed E-state index contributed by atoms with van der Waals surface area (Å²) in [5.41, 5.74) is 0.